The predicted molar refractivity (Wildman–Crippen MR) is 71.6 cm³/mol. The summed E-state index contributed by atoms with van der Waals surface area (Å²) < 4.78 is 0. The summed E-state index contributed by atoms with van der Waals surface area (Å²) in [4.78, 5) is 13.1. The number of hydrogen-bond acceptors (Lipinski definition) is 3. The van der Waals surface area contributed by atoms with Gasteiger partial charge in [0.15, 0.2) is 5.69 Å². The summed E-state index contributed by atoms with van der Waals surface area (Å²) in [6, 6.07) is 6.04. The number of nitrogens with zero attached hydrogens (tertiary/aromatic N) is 1. The second kappa shape index (κ2) is 4.57. The molecule has 0 unspecified atom stereocenters. The first-order valence-electron chi connectivity index (χ1n) is 6.14. The standard InChI is InChI=1S/C13H15N3OS/c1-8(9-4-5-9)14-13(17)11-7-10(15-16-11)12-3-2-6-18-12/h2-3,6-9H,4-5H2,1H3,(H,14,17)(H,15,16)/t8-/m1/s1. The molecule has 18 heavy (non-hydrogen) atoms. The van der Waals surface area contributed by atoms with Gasteiger partial charge in [-0.3, -0.25) is 9.89 Å². The van der Waals surface area contributed by atoms with Crippen molar-refractivity contribution in [3.63, 3.8) is 0 Å². The van der Waals surface area contributed by atoms with Gasteiger partial charge in [0, 0.05) is 6.04 Å². The lowest BCUT2D eigenvalue weighted by Gasteiger charge is -2.10. The van der Waals surface area contributed by atoms with E-state index in [4.69, 9.17) is 0 Å². The van der Waals surface area contributed by atoms with Gasteiger partial charge >= 0.3 is 0 Å². The van der Waals surface area contributed by atoms with Crippen LogP contribution in [0.2, 0.25) is 0 Å². The van der Waals surface area contributed by atoms with E-state index in [1.807, 2.05) is 17.5 Å². The molecule has 0 aliphatic heterocycles. The zero-order valence-electron chi connectivity index (χ0n) is 10.1. The highest BCUT2D eigenvalue weighted by Crippen LogP contribution is 2.32. The highest BCUT2D eigenvalue weighted by molar-refractivity contribution is 7.13. The van der Waals surface area contributed by atoms with E-state index in [0.29, 0.717) is 11.6 Å². The molecule has 0 radical (unpaired) electrons. The first-order valence-corrected chi connectivity index (χ1v) is 7.02. The minimum Gasteiger partial charge on any atom is -0.348 e. The Kier molecular flexibility index (Phi) is 2.91. The van der Waals surface area contributed by atoms with Gasteiger partial charge in [0.1, 0.15) is 0 Å². The van der Waals surface area contributed by atoms with Crippen LogP contribution in [0.1, 0.15) is 30.3 Å². The second-order valence-corrected chi connectivity index (χ2v) is 5.69. The monoisotopic (exact) mass is 261 g/mol. The summed E-state index contributed by atoms with van der Waals surface area (Å²) in [7, 11) is 0. The lowest BCUT2D eigenvalue weighted by molar-refractivity contribution is 0.0931. The molecular weight excluding hydrogens is 246 g/mol. The van der Waals surface area contributed by atoms with E-state index in [2.05, 4.69) is 22.4 Å². The van der Waals surface area contributed by atoms with Crippen LogP contribution in [0.5, 0.6) is 0 Å². The van der Waals surface area contributed by atoms with E-state index in [1.54, 1.807) is 17.4 Å². The van der Waals surface area contributed by atoms with Crippen LogP contribution >= 0.6 is 11.3 Å². The van der Waals surface area contributed by atoms with Crippen molar-refractivity contribution in [2.45, 2.75) is 25.8 Å². The Labute approximate surface area is 109 Å². The smallest absolute Gasteiger partial charge is 0.272 e. The molecule has 1 atom stereocenters. The van der Waals surface area contributed by atoms with Crippen LogP contribution in [0.3, 0.4) is 0 Å². The molecule has 4 nitrogen and oxygen atoms in total. The average molecular weight is 261 g/mol. The third-order valence-electron chi connectivity index (χ3n) is 3.29. The zero-order chi connectivity index (χ0) is 12.5. The number of thiophene rings is 1. The van der Waals surface area contributed by atoms with Crippen LogP contribution in [0.25, 0.3) is 10.6 Å². The van der Waals surface area contributed by atoms with E-state index in [-0.39, 0.29) is 11.9 Å². The third kappa shape index (κ3) is 2.31. The Hall–Kier alpha value is -1.62. The van der Waals surface area contributed by atoms with Crippen molar-refractivity contribution in [2.24, 2.45) is 5.92 Å². The molecule has 1 fully saturated rings. The molecule has 0 saturated heterocycles. The number of rotatable bonds is 4. The summed E-state index contributed by atoms with van der Waals surface area (Å²) in [5.41, 5.74) is 1.36. The first kappa shape index (κ1) is 11.5. The van der Waals surface area contributed by atoms with Gasteiger partial charge in [0.2, 0.25) is 0 Å². The molecule has 0 bridgehead atoms. The van der Waals surface area contributed by atoms with Gasteiger partial charge in [-0.15, -0.1) is 11.3 Å². The van der Waals surface area contributed by atoms with Gasteiger partial charge in [0.05, 0.1) is 10.6 Å². The molecule has 2 aromatic heterocycles. The van der Waals surface area contributed by atoms with E-state index >= 15 is 0 Å². The Balaban J connectivity index is 1.70. The molecule has 2 aromatic rings. The number of aromatic nitrogens is 2. The number of hydrogen-bond donors (Lipinski definition) is 2. The van der Waals surface area contributed by atoms with E-state index < -0.39 is 0 Å². The lowest BCUT2D eigenvalue weighted by Crippen LogP contribution is -2.34. The van der Waals surface area contributed by atoms with Crippen molar-refractivity contribution in [3.05, 3.63) is 29.3 Å². The predicted octanol–water partition coefficient (Wildman–Crippen LogP) is 2.67. The molecule has 0 spiro atoms. The maximum absolute atomic E-state index is 12.0. The Morgan fingerprint density at radius 1 is 1.61 bits per heavy atom. The number of carbonyl (C=O) groups excluding carboxylic acids is 1. The van der Waals surface area contributed by atoms with Gasteiger partial charge in [-0.05, 0) is 43.2 Å². The summed E-state index contributed by atoms with van der Waals surface area (Å²) in [6.45, 7) is 2.06. The molecule has 1 amide bonds. The highest BCUT2D eigenvalue weighted by Gasteiger charge is 2.29. The molecule has 0 aromatic carbocycles. The zero-order valence-corrected chi connectivity index (χ0v) is 11.0. The van der Waals surface area contributed by atoms with Crippen molar-refractivity contribution in [3.8, 4) is 10.6 Å². The van der Waals surface area contributed by atoms with Crippen LogP contribution in [-0.2, 0) is 0 Å². The van der Waals surface area contributed by atoms with Crippen LogP contribution in [0.4, 0.5) is 0 Å². The molecule has 5 heteroatoms. The van der Waals surface area contributed by atoms with E-state index in [9.17, 15) is 4.79 Å². The molecule has 3 rings (SSSR count). The van der Waals surface area contributed by atoms with Crippen LogP contribution in [0.15, 0.2) is 23.6 Å². The fourth-order valence-electron chi connectivity index (χ4n) is 1.99. The van der Waals surface area contributed by atoms with Crippen LogP contribution in [0, 0.1) is 5.92 Å². The number of carbonyl (C=O) groups is 1. The summed E-state index contributed by atoms with van der Waals surface area (Å²) in [5.74, 6) is 0.568. The fourth-order valence-corrected chi connectivity index (χ4v) is 2.68. The average Bonchev–Trinajstić information content (AvgIpc) is 2.89. The topological polar surface area (TPSA) is 57.8 Å². The maximum Gasteiger partial charge on any atom is 0.272 e. The molecule has 94 valence electrons. The van der Waals surface area contributed by atoms with E-state index in [1.165, 1.54) is 12.8 Å². The normalized spacial score (nSPS) is 16.5. The number of aromatic amines is 1. The molecule has 1 aliphatic carbocycles. The molecule has 2 N–H and O–H groups in total. The van der Waals surface area contributed by atoms with Gasteiger partial charge in [-0.1, -0.05) is 6.07 Å². The maximum atomic E-state index is 12.0. The van der Waals surface area contributed by atoms with Crippen molar-refractivity contribution in [2.75, 3.05) is 0 Å². The first-order chi connectivity index (χ1) is 8.74. The molecule has 1 saturated carbocycles. The minimum atomic E-state index is -0.0894. The van der Waals surface area contributed by atoms with Gasteiger partial charge in [0.25, 0.3) is 5.91 Å². The van der Waals surface area contributed by atoms with E-state index in [0.717, 1.165) is 10.6 Å². The summed E-state index contributed by atoms with van der Waals surface area (Å²) in [6.07, 6.45) is 2.45. The van der Waals surface area contributed by atoms with Gasteiger partial charge in [-0.25, -0.2) is 0 Å². The quantitative estimate of drug-likeness (QED) is 0.889. The van der Waals surface area contributed by atoms with Crippen molar-refractivity contribution >= 4 is 17.2 Å². The lowest BCUT2D eigenvalue weighted by atomic mass is 10.2. The number of nitrogens with one attached hydrogen (secondary N) is 2. The SMILES string of the molecule is C[C@@H](NC(=O)c1cc(-c2cccs2)[nH]n1)C1CC1. The fraction of sp³-hybridized carbons (Fsp3) is 0.385. The van der Waals surface area contributed by atoms with Crippen molar-refractivity contribution in [1.82, 2.24) is 15.5 Å². The minimum absolute atomic E-state index is 0.0894. The van der Waals surface area contributed by atoms with Gasteiger partial charge < -0.3 is 5.32 Å². The van der Waals surface area contributed by atoms with Crippen molar-refractivity contribution in [1.29, 1.82) is 0 Å². The molecule has 1 aliphatic rings. The summed E-state index contributed by atoms with van der Waals surface area (Å²) >= 11 is 1.63. The molecular formula is C13H15N3OS. The molecule has 2 heterocycles. The Morgan fingerprint density at radius 2 is 2.44 bits per heavy atom. The van der Waals surface area contributed by atoms with Gasteiger partial charge in [-0.2, -0.15) is 5.10 Å². The van der Waals surface area contributed by atoms with Crippen LogP contribution < -0.4 is 5.32 Å². The summed E-state index contributed by atoms with van der Waals surface area (Å²) in [5, 5.41) is 12.0. The highest BCUT2D eigenvalue weighted by atomic mass is 32.1. The second-order valence-electron chi connectivity index (χ2n) is 4.74. The third-order valence-corrected chi connectivity index (χ3v) is 4.19. The van der Waals surface area contributed by atoms with Crippen LogP contribution in [-0.4, -0.2) is 22.1 Å². The largest absolute Gasteiger partial charge is 0.348 e. The number of amides is 1. The Morgan fingerprint density at radius 3 is 3.11 bits per heavy atom. The number of H-pyrrole nitrogens is 1. The van der Waals surface area contributed by atoms with Crippen molar-refractivity contribution < 1.29 is 4.79 Å². The Bertz CT molecular complexity index is 542.